The van der Waals surface area contributed by atoms with Gasteiger partial charge in [0, 0.05) is 31.5 Å². The van der Waals surface area contributed by atoms with Crippen LogP contribution in [-0.4, -0.2) is 29.5 Å². The molecule has 0 aliphatic rings. The first-order valence-corrected chi connectivity index (χ1v) is 6.91. The van der Waals surface area contributed by atoms with Crippen molar-refractivity contribution in [1.29, 1.82) is 0 Å². The van der Waals surface area contributed by atoms with Gasteiger partial charge in [-0.3, -0.25) is 4.98 Å². The molecule has 0 bridgehead atoms. The molecule has 3 heteroatoms. The van der Waals surface area contributed by atoms with Gasteiger partial charge in [0.15, 0.2) is 0 Å². The van der Waals surface area contributed by atoms with E-state index in [2.05, 4.69) is 36.8 Å². The van der Waals surface area contributed by atoms with Crippen molar-refractivity contribution in [1.82, 2.24) is 9.88 Å². The summed E-state index contributed by atoms with van der Waals surface area (Å²) >= 11 is 0. The van der Waals surface area contributed by atoms with Crippen LogP contribution in [0.5, 0.6) is 0 Å². The Balaban J connectivity index is 2.21. The second-order valence-corrected chi connectivity index (χ2v) is 5.57. The highest BCUT2D eigenvalue weighted by atomic mass is 15.1. The average Bonchev–Trinajstić information content (AvgIpc) is 2.29. The molecule has 3 nitrogen and oxygen atoms in total. The van der Waals surface area contributed by atoms with E-state index in [0.717, 1.165) is 25.4 Å². The molecule has 0 saturated heterocycles. The Labute approximate surface area is 111 Å². The number of nitrogens with two attached hydrogens (primary N) is 1. The molecule has 0 fully saturated rings. The molecule has 2 unspecified atom stereocenters. The molecule has 0 saturated carbocycles. The van der Waals surface area contributed by atoms with Crippen LogP contribution in [0.25, 0.3) is 0 Å². The lowest BCUT2D eigenvalue weighted by atomic mass is 10.0. The summed E-state index contributed by atoms with van der Waals surface area (Å²) in [5.41, 5.74) is 7.05. The molecule has 1 aromatic heterocycles. The average molecular weight is 249 g/mol. The zero-order valence-electron chi connectivity index (χ0n) is 12.0. The first-order valence-electron chi connectivity index (χ1n) is 6.91. The Kier molecular flexibility index (Phi) is 6.91. The van der Waals surface area contributed by atoms with Crippen molar-refractivity contribution >= 4 is 0 Å². The zero-order valence-corrected chi connectivity index (χ0v) is 12.0. The molecule has 1 heterocycles. The summed E-state index contributed by atoms with van der Waals surface area (Å²) in [5, 5.41) is 0. The van der Waals surface area contributed by atoms with E-state index in [-0.39, 0.29) is 0 Å². The standard InChI is InChI=1S/C15H27N3/c1-13(6-4-7-14(2)16)11-18(3)12-15-8-5-9-17-10-15/h5,8-10,13-14H,4,6-7,11-12,16H2,1-3H3. The van der Waals surface area contributed by atoms with Gasteiger partial charge in [-0.25, -0.2) is 0 Å². The number of hydrogen-bond donors (Lipinski definition) is 1. The summed E-state index contributed by atoms with van der Waals surface area (Å²) in [7, 11) is 2.18. The van der Waals surface area contributed by atoms with Crippen LogP contribution in [0.1, 0.15) is 38.7 Å². The van der Waals surface area contributed by atoms with Crippen LogP contribution in [0.4, 0.5) is 0 Å². The van der Waals surface area contributed by atoms with Gasteiger partial charge in [0.25, 0.3) is 0 Å². The van der Waals surface area contributed by atoms with Gasteiger partial charge in [-0.05, 0) is 44.4 Å². The summed E-state index contributed by atoms with van der Waals surface area (Å²) in [6.45, 7) is 6.51. The van der Waals surface area contributed by atoms with Gasteiger partial charge in [0.2, 0.25) is 0 Å². The summed E-state index contributed by atoms with van der Waals surface area (Å²) in [5.74, 6) is 0.727. The quantitative estimate of drug-likeness (QED) is 0.770. The fourth-order valence-electron chi connectivity index (χ4n) is 2.28. The summed E-state index contributed by atoms with van der Waals surface area (Å²) in [4.78, 5) is 6.51. The predicted molar refractivity (Wildman–Crippen MR) is 77.2 cm³/mol. The van der Waals surface area contributed by atoms with Crippen molar-refractivity contribution in [2.24, 2.45) is 11.7 Å². The third kappa shape index (κ3) is 6.72. The highest BCUT2D eigenvalue weighted by Gasteiger charge is 2.07. The van der Waals surface area contributed by atoms with Crippen molar-refractivity contribution < 1.29 is 0 Å². The van der Waals surface area contributed by atoms with E-state index in [1.165, 1.54) is 18.4 Å². The maximum Gasteiger partial charge on any atom is 0.0312 e. The van der Waals surface area contributed by atoms with Crippen molar-refractivity contribution in [3.8, 4) is 0 Å². The van der Waals surface area contributed by atoms with Gasteiger partial charge < -0.3 is 10.6 Å². The SMILES string of the molecule is CC(N)CCCC(C)CN(C)Cc1cccnc1. The van der Waals surface area contributed by atoms with Gasteiger partial charge in [0.05, 0.1) is 0 Å². The van der Waals surface area contributed by atoms with Crippen LogP contribution in [-0.2, 0) is 6.54 Å². The lowest BCUT2D eigenvalue weighted by Crippen LogP contribution is -2.24. The van der Waals surface area contributed by atoms with Crippen LogP contribution in [0, 0.1) is 5.92 Å². The highest BCUT2D eigenvalue weighted by Crippen LogP contribution is 2.11. The number of nitrogens with zero attached hydrogens (tertiary/aromatic N) is 2. The topological polar surface area (TPSA) is 42.1 Å². The second kappa shape index (κ2) is 8.22. The van der Waals surface area contributed by atoms with E-state index < -0.39 is 0 Å². The van der Waals surface area contributed by atoms with Crippen LogP contribution < -0.4 is 5.73 Å². The van der Waals surface area contributed by atoms with E-state index >= 15 is 0 Å². The van der Waals surface area contributed by atoms with Crippen molar-refractivity contribution in [2.45, 2.75) is 45.7 Å². The molecule has 0 radical (unpaired) electrons. The van der Waals surface area contributed by atoms with Gasteiger partial charge in [-0.1, -0.05) is 19.4 Å². The molecule has 2 N–H and O–H groups in total. The first kappa shape index (κ1) is 15.1. The molecule has 0 aliphatic carbocycles. The van der Waals surface area contributed by atoms with Crippen molar-refractivity contribution in [3.05, 3.63) is 30.1 Å². The maximum absolute atomic E-state index is 5.76. The molecule has 1 aromatic rings. The second-order valence-electron chi connectivity index (χ2n) is 5.57. The van der Waals surface area contributed by atoms with Crippen molar-refractivity contribution in [3.63, 3.8) is 0 Å². The Morgan fingerprint density at radius 2 is 2.11 bits per heavy atom. The number of hydrogen-bond acceptors (Lipinski definition) is 3. The fraction of sp³-hybridized carbons (Fsp3) is 0.667. The number of aromatic nitrogens is 1. The van der Waals surface area contributed by atoms with E-state index in [1.54, 1.807) is 0 Å². The molecule has 18 heavy (non-hydrogen) atoms. The zero-order chi connectivity index (χ0) is 13.4. The highest BCUT2D eigenvalue weighted by molar-refractivity contribution is 5.07. The van der Waals surface area contributed by atoms with E-state index in [4.69, 9.17) is 5.73 Å². The molecule has 1 rings (SSSR count). The number of pyridine rings is 1. The summed E-state index contributed by atoms with van der Waals surface area (Å²) in [6.07, 6.45) is 7.40. The smallest absolute Gasteiger partial charge is 0.0312 e. The van der Waals surface area contributed by atoms with Crippen LogP contribution in [0.15, 0.2) is 24.5 Å². The Bertz CT molecular complexity index is 311. The minimum absolute atomic E-state index is 0.338. The lowest BCUT2D eigenvalue weighted by Gasteiger charge is -2.21. The molecular formula is C15H27N3. The van der Waals surface area contributed by atoms with E-state index in [1.807, 2.05) is 18.5 Å². The van der Waals surface area contributed by atoms with Gasteiger partial charge >= 0.3 is 0 Å². The largest absolute Gasteiger partial charge is 0.328 e. The summed E-state index contributed by atoms with van der Waals surface area (Å²) < 4.78 is 0. The molecule has 0 spiro atoms. The monoisotopic (exact) mass is 249 g/mol. The minimum atomic E-state index is 0.338. The van der Waals surface area contributed by atoms with E-state index in [0.29, 0.717) is 6.04 Å². The predicted octanol–water partition coefficient (Wildman–Crippen LogP) is 2.67. The van der Waals surface area contributed by atoms with Crippen LogP contribution in [0.3, 0.4) is 0 Å². The maximum atomic E-state index is 5.76. The Hall–Kier alpha value is -0.930. The third-order valence-electron chi connectivity index (χ3n) is 3.16. The van der Waals surface area contributed by atoms with Crippen LogP contribution >= 0.6 is 0 Å². The van der Waals surface area contributed by atoms with Crippen LogP contribution in [0.2, 0.25) is 0 Å². The fourth-order valence-corrected chi connectivity index (χ4v) is 2.28. The molecule has 0 aromatic carbocycles. The van der Waals surface area contributed by atoms with Gasteiger partial charge in [-0.2, -0.15) is 0 Å². The molecule has 0 amide bonds. The first-order chi connectivity index (χ1) is 8.58. The normalized spacial score (nSPS) is 14.7. The lowest BCUT2D eigenvalue weighted by molar-refractivity contribution is 0.267. The minimum Gasteiger partial charge on any atom is -0.328 e. The number of rotatable bonds is 8. The molecule has 102 valence electrons. The third-order valence-corrected chi connectivity index (χ3v) is 3.16. The Morgan fingerprint density at radius 3 is 2.72 bits per heavy atom. The van der Waals surface area contributed by atoms with E-state index in [9.17, 15) is 0 Å². The summed E-state index contributed by atoms with van der Waals surface area (Å²) in [6, 6.07) is 4.46. The molecular weight excluding hydrogens is 222 g/mol. The molecule has 2 atom stereocenters. The van der Waals surface area contributed by atoms with Gasteiger partial charge in [0.1, 0.15) is 0 Å². The molecule has 0 aliphatic heterocycles. The van der Waals surface area contributed by atoms with Gasteiger partial charge in [-0.15, -0.1) is 0 Å². The van der Waals surface area contributed by atoms with Crippen molar-refractivity contribution in [2.75, 3.05) is 13.6 Å². The Morgan fingerprint density at radius 1 is 1.33 bits per heavy atom.